The van der Waals surface area contributed by atoms with Crippen LogP contribution in [0.5, 0.6) is 11.5 Å². The summed E-state index contributed by atoms with van der Waals surface area (Å²) in [5.41, 5.74) is 4.24. The number of methoxy groups -OCH3 is 1. The summed E-state index contributed by atoms with van der Waals surface area (Å²) < 4.78 is 10.6. The van der Waals surface area contributed by atoms with Gasteiger partial charge in [0.25, 0.3) is 0 Å². The van der Waals surface area contributed by atoms with Gasteiger partial charge in [-0.2, -0.15) is 20.1 Å². The Morgan fingerprint density at radius 1 is 0.971 bits per heavy atom. The first-order valence-electron chi connectivity index (χ1n) is 11.2. The van der Waals surface area contributed by atoms with Crippen LogP contribution in [0.1, 0.15) is 5.56 Å². The van der Waals surface area contributed by atoms with Crippen LogP contribution in [-0.2, 0) is 4.74 Å². The maximum Gasteiger partial charge on any atom is 0.250 e. The SMILES string of the molecule is COc1cccc(/C=N/Nc2nc(Nc3cccc4ccccc34)nc(N3CCOCC3)n2)c1O. The van der Waals surface area contributed by atoms with E-state index in [1.54, 1.807) is 18.2 Å². The van der Waals surface area contributed by atoms with Gasteiger partial charge in [-0.3, -0.25) is 0 Å². The van der Waals surface area contributed by atoms with Gasteiger partial charge in [0.15, 0.2) is 11.5 Å². The molecule has 3 N–H and O–H groups in total. The van der Waals surface area contributed by atoms with Crippen molar-refractivity contribution in [1.29, 1.82) is 0 Å². The van der Waals surface area contributed by atoms with Crippen molar-refractivity contribution in [2.45, 2.75) is 0 Å². The van der Waals surface area contributed by atoms with Crippen molar-refractivity contribution in [2.24, 2.45) is 5.10 Å². The third-order valence-electron chi connectivity index (χ3n) is 5.57. The summed E-state index contributed by atoms with van der Waals surface area (Å²) in [5, 5.41) is 20.0. The highest BCUT2D eigenvalue weighted by atomic mass is 16.5. The molecule has 178 valence electrons. The smallest absolute Gasteiger partial charge is 0.250 e. The highest BCUT2D eigenvalue weighted by molar-refractivity contribution is 5.95. The first-order chi connectivity index (χ1) is 17.2. The van der Waals surface area contributed by atoms with Crippen molar-refractivity contribution >= 4 is 40.5 Å². The molecule has 1 aliphatic heterocycles. The minimum atomic E-state index is 0.00325. The van der Waals surface area contributed by atoms with Gasteiger partial charge in [0.1, 0.15) is 0 Å². The first-order valence-corrected chi connectivity index (χ1v) is 11.2. The second-order valence-electron chi connectivity index (χ2n) is 7.80. The molecule has 4 aromatic rings. The predicted octanol–water partition coefficient (Wildman–Crippen LogP) is 3.77. The molecule has 0 unspecified atom stereocenters. The molecule has 0 spiro atoms. The Bertz CT molecular complexity index is 1350. The van der Waals surface area contributed by atoms with Crippen LogP contribution in [0.2, 0.25) is 0 Å². The average molecular weight is 472 g/mol. The Kier molecular flexibility index (Phi) is 6.53. The molecule has 0 radical (unpaired) electrons. The summed E-state index contributed by atoms with van der Waals surface area (Å²) >= 11 is 0. The van der Waals surface area contributed by atoms with Gasteiger partial charge < -0.3 is 24.8 Å². The number of aromatic nitrogens is 3. The van der Waals surface area contributed by atoms with Crippen LogP contribution in [0.15, 0.2) is 65.8 Å². The fraction of sp³-hybridized carbons (Fsp3) is 0.200. The van der Waals surface area contributed by atoms with Crippen LogP contribution in [0.4, 0.5) is 23.5 Å². The number of nitrogens with one attached hydrogen (secondary N) is 2. The lowest BCUT2D eigenvalue weighted by Crippen LogP contribution is -2.37. The van der Waals surface area contributed by atoms with Gasteiger partial charge in [0.05, 0.1) is 26.5 Å². The van der Waals surface area contributed by atoms with Crippen molar-refractivity contribution in [3.63, 3.8) is 0 Å². The molecule has 5 rings (SSSR count). The normalized spacial score (nSPS) is 13.8. The zero-order chi connectivity index (χ0) is 24.0. The standard InChI is InChI=1S/C25H25N7O3/c1-34-21-11-5-8-18(22(21)33)16-26-31-24-28-23(29-25(30-24)32-12-14-35-15-13-32)27-20-10-4-7-17-6-2-3-9-19(17)20/h2-11,16,33H,12-15H2,1H3,(H2,27,28,29,30,31)/b26-16+. The number of hydrogen-bond donors (Lipinski definition) is 3. The third-order valence-corrected chi connectivity index (χ3v) is 5.57. The molecule has 2 heterocycles. The lowest BCUT2D eigenvalue weighted by Gasteiger charge is -2.27. The second-order valence-corrected chi connectivity index (χ2v) is 7.80. The summed E-state index contributed by atoms with van der Waals surface area (Å²) in [4.78, 5) is 15.8. The number of aromatic hydroxyl groups is 1. The largest absolute Gasteiger partial charge is 0.504 e. The highest BCUT2D eigenvalue weighted by Crippen LogP contribution is 2.28. The van der Waals surface area contributed by atoms with Gasteiger partial charge in [-0.25, -0.2) is 5.43 Å². The number of anilines is 4. The van der Waals surface area contributed by atoms with Crippen molar-refractivity contribution in [2.75, 3.05) is 49.1 Å². The lowest BCUT2D eigenvalue weighted by molar-refractivity contribution is 0.122. The molecule has 1 aromatic heterocycles. The number of morpholine rings is 1. The van der Waals surface area contributed by atoms with E-state index in [9.17, 15) is 5.11 Å². The zero-order valence-electron chi connectivity index (χ0n) is 19.2. The molecule has 1 aliphatic rings. The fourth-order valence-electron chi connectivity index (χ4n) is 3.80. The average Bonchev–Trinajstić information content (AvgIpc) is 2.90. The molecule has 10 heteroatoms. The molecule has 0 atom stereocenters. The fourth-order valence-corrected chi connectivity index (χ4v) is 3.80. The number of fused-ring (bicyclic) bond motifs is 1. The van der Waals surface area contributed by atoms with Gasteiger partial charge in [0, 0.05) is 29.7 Å². The number of phenols is 1. The number of ether oxygens (including phenoxy) is 2. The number of para-hydroxylation sites is 1. The first kappa shape index (κ1) is 22.4. The number of benzene rings is 3. The maximum atomic E-state index is 10.3. The van der Waals surface area contributed by atoms with Crippen molar-refractivity contribution in [3.8, 4) is 11.5 Å². The number of phenolic OH excluding ortho intramolecular Hbond substituents is 1. The summed E-state index contributed by atoms with van der Waals surface area (Å²) in [6, 6.07) is 19.3. The lowest BCUT2D eigenvalue weighted by atomic mass is 10.1. The molecule has 35 heavy (non-hydrogen) atoms. The van der Waals surface area contributed by atoms with E-state index in [2.05, 4.69) is 42.9 Å². The molecule has 0 aliphatic carbocycles. The molecule has 0 bridgehead atoms. The van der Waals surface area contributed by atoms with Gasteiger partial charge in [-0.1, -0.05) is 42.5 Å². The van der Waals surface area contributed by atoms with E-state index in [-0.39, 0.29) is 11.7 Å². The van der Waals surface area contributed by atoms with Crippen LogP contribution >= 0.6 is 0 Å². The number of hydrazone groups is 1. The van der Waals surface area contributed by atoms with Gasteiger partial charge in [-0.05, 0) is 23.6 Å². The van der Waals surface area contributed by atoms with Gasteiger partial charge >= 0.3 is 0 Å². The Balaban J connectivity index is 1.44. The van der Waals surface area contributed by atoms with Crippen molar-refractivity contribution in [1.82, 2.24) is 15.0 Å². The van der Waals surface area contributed by atoms with E-state index in [0.29, 0.717) is 49.5 Å². The van der Waals surface area contributed by atoms with E-state index in [0.717, 1.165) is 16.5 Å². The van der Waals surface area contributed by atoms with Gasteiger partial charge in [-0.15, -0.1) is 0 Å². The van der Waals surface area contributed by atoms with E-state index >= 15 is 0 Å². The van der Waals surface area contributed by atoms with E-state index in [4.69, 9.17) is 9.47 Å². The Morgan fingerprint density at radius 3 is 2.60 bits per heavy atom. The third kappa shape index (κ3) is 5.07. The second kappa shape index (κ2) is 10.2. The van der Waals surface area contributed by atoms with E-state index in [1.807, 2.05) is 35.2 Å². The number of nitrogens with zero attached hydrogens (tertiary/aromatic N) is 5. The molecule has 10 nitrogen and oxygen atoms in total. The Morgan fingerprint density at radius 2 is 1.74 bits per heavy atom. The summed E-state index contributed by atoms with van der Waals surface area (Å²) in [5.74, 6) is 1.55. The highest BCUT2D eigenvalue weighted by Gasteiger charge is 2.17. The molecule has 3 aromatic carbocycles. The van der Waals surface area contributed by atoms with Crippen LogP contribution < -0.4 is 20.4 Å². The summed E-state index contributed by atoms with van der Waals surface area (Å²) in [6.45, 7) is 2.57. The van der Waals surface area contributed by atoms with E-state index in [1.165, 1.54) is 13.3 Å². The van der Waals surface area contributed by atoms with Gasteiger partial charge in [0.2, 0.25) is 17.8 Å². The minimum absolute atomic E-state index is 0.00325. The zero-order valence-corrected chi connectivity index (χ0v) is 19.2. The summed E-state index contributed by atoms with van der Waals surface area (Å²) in [6.07, 6.45) is 1.48. The minimum Gasteiger partial charge on any atom is -0.504 e. The molecular weight excluding hydrogens is 446 g/mol. The van der Waals surface area contributed by atoms with Crippen LogP contribution in [0.25, 0.3) is 10.8 Å². The number of rotatable bonds is 7. The Hall–Kier alpha value is -4.44. The number of hydrogen-bond acceptors (Lipinski definition) is 10. The maximum absolute atomic E-state index is 10.3. The molecular formula is C25H25N7O3. The van der Waals surface area contributed by atoms with E-state index < -0.39 is 0 Å². The van der Waals surface area contributed by atoms with Crippen molar-refractivity contribution in [3.05, 3.63) is 66.2 Å². The molecule has 1 saturated heterocycles. The van der Waals surface area contributed by atoms with Crippen molar-refractivity contribution < 1.29 is 14.6 Å². The topological polar surface area (TPSA) is 117 Å². The Labute approximate surface area is 202 Å². The summed E-state index contributed by atoms with van der Waals surface area (Å²) in [7, 11) is 1.50. The monoisotopic (exact) mass is 471 g/mol. The molecule has 0 amide bonds. The molecule has 0 saturated carbocycles. The van der Waals surface area contributed by atoms with Crippen LogP contribution in [0.3, 0.4) is 0 Å². The van der Waals surface area contributed by atoms with Crippen LogP contribution in [-0.4, -0.2) is 59.7 Å². The molecule has 1 fully saturated rings. The predicted molar refractivity (Wildman–Crippen MR) is 136 cm³/mol. The van der Waals surface area contributed by atoms with Crippen LogP contribution in [0, 0.1) is 0 Å². The quantitative estimate of drug-likeness (QED) is 0.273.